The van der Waals surface area contributed by atoms with Gasteiger partial charge in [-0.05, 0) is 31.7 Å². The molecule has 2 saturated carbocycles. The maximum atomic E-state index is 12.9. The van der Waals surface area contributed by atoms with Crippen molar-refractivity contribution in [2.45, 2.75) is 64.2 Å². The Bertz CT molecular complexity index is 579. The summed E-state index contributed by atoms with van der Waals surface area (Å²) in [5.41, 5.74) is 0.738. The molecule has 2 aliphatic rings. The minimum atomic E-state index is -0.0324. The molecule has 0 radical (unpaired) electrons. The second-order valence-corrected chi connectivity index (χ2v) is 7.10. The normalized spacial score (nSPS) is 20.3. The van der Waals surface area contributed by atoms with E-state index in [9.17, 15) is 14.7 Å². The lowest BCUT2D eigenvalue weighted by atomic mass is 9.79. The summed E-state index contributed by atoms with van der Waals surface area (Å²) in [5.74, 6) is -0.0117. The average molecular weight is 314 g/mol. The molecule has 1 aromatic rings. The van der Waals surface area contributed by atoms with E-state index < -0.39 is 0 Å². The van der Waals surface area contributed by atoms with Crippen molar-refractivity contribution in [1.82, 2.24) is 0 Å². The number of hydrogen-bond acceptors (Lipinski definition) is 3. The van der Waals surface area contributed by atoms with E-state index in [-0.39, 0.29) is 34.7 Å². The number of rotatable bonds is 4. The number of Topliss-reactive ketones (excluding diaryl/α,β-unsaturated/α-hetero) is 2. The highest BCUT2D eigenvalue weighted by Crippen LogP contribution is 2.34. The lowest BCUT2D eigenvalue weighted by Gasteiger charge is -2.24. The highest BCUT2D eigenvalue weighted by molar-refractivity contribution is 6.11. The highest BCUT2D eigenvalue weighted by atomic mass is 16.3. The van der Waals surface area contributed by atoms with E-state index in [0.29, 0.717) is 5.56 Å². The van der Waals surface area contributed by atoms with Crippen molar-refractivity contribution in [2.24, 2.45) is 11.8 Å². The van der Waals surface area contributed by atoms with Gasteiger partial charge in [-0.1, -0.05) is 50.7 Å². The summed E-state index contributed by atoms with van der Waals surface area (Å²) in [6.45, 7) is 0. The van der Waals surface area contributed by atoms with Gasteiger partial charge in [0.15, 0.2) is 11.6 Å². The van der Waals surface area contributed by atoms with Crippen molar-refractivity contribution in [3.63, 3.8) is 0 Å². The third-order valence-electron chi connectivity index (χ3n) is 5.51. The van der Waals surface area contributed by atoms with E-state index in [1.165, 1.54) is 18.9 Å². The number of ketones is 2. The summed E-state index contributed by atoms with van der Waals surface area (Å²) in [6.07, 6.45) is 10.2. The van der Waals surface area contributed by atoms with Crippen LogP contribution in [0, 0.1) is 11.8 Å². The Morgan fingerprint density at radius 1 is 0.783 bits per heavy atom. The Morgan fingerprint density at radius 2 is 1.30 bits per heavy atom. The molecular weight excluding hydrogens is 288 g/mol. The standard InChI is InChI=1S/C20H26O3/c21-17-13-7-12-16(19(22)14-8-3-1-4-9-14)18(17)20(23)15-10-5-2-6-11-15/h7,12-15,21H,1-6,8-11H2. The minimum absolute atomic E-state index is 0.0171. The molecule has 2 fully saturated rings. The smallest absolute Gasteiger partial charge is 0.170 e. The molecule has 3 nitrogen and oxygen atoms in total. The van der Waals surface area contributed by atoms with Gasteiger partial charge in [-0.2, -0.15) is 0 Å². The molecule has 1 N–H and O–H groups in total. The first kappa shape index (κ1) is 16.2. The van der Waals surface area contributed by atoms with Gasteiger partial charge in [0.25, 0.3) is 0 Å². The zero-order chi connectivity index (χ0) is 16.2. The summed E-state index contributed by atoms with van der Waals surface area (Å²) in [4.78, 5) is 25.8. The number of aromatic hydroxyl groups is 1. The molecule has 0 aromatic heterocycles. The topological polar surface area (TPSA) is 54.4 Å². The van der Waals surface area contributed by atoms with Crippen molar-refractivity contribution in [3.8, 4) is 5.75 Å². The van der Waals surface area contributed by atoms with E-state index in [2.05, 4.69) is 0 Å². The Kier molecular flexibility index (Phi) is 5.14. The third kappa shape index (κ3) is 3.49. The Morgan fingerprint density at radius 3 is 1.87 bits per heavy atom. The summed E-state index contributed by atoms with van der Waals surface area (Å²) in [5, 5.41) is 10.3. The Balaban J connectivity index is 1.89. The molecule has 0 aliphatic heterocycles. The molecule has 3 rings (SSSR count). The van der Waals surface area contributed by atoms with E-state index >= 15 is 0 Å². The fraction of sp³-hybridized carbons (Fsp3) is 0.600. The van der Waals surface area contributed by atoms with Crippen molar-refractivity contribution in [3.05, 3.63) is 29.3 Å². The molecule has 124 valence electrons. The van der Waals surface area contributed by atoms with Gasteiger partial charge in [-0.25, -0.2) is 0 Å². The van der Waals surface area contributed by atoms with E-state index in [4.69, 9.17) is 0 Å². The first-order chi connectivity index (χ1) is 11.2. The molecule has 23 heavy (non-hydrogen) atoms. The van der Waals surface area contributed by atoms with Gasteiger partial charge >= 0.3 is 0 Å². The number of hydrogen-bond donors (Lipinski definition) is 1. The molecular formula is C20H26O3. The molecule has 0 unspecified atom stereocenters. The summed E-state index contributed by atoms with van der Waals surface area (Å²) in [7, 11) is 0. The van der Waals surface area contributed by atoms with Crippen LogP contribution in [0.2, 0.25) is 0 Å². The molecule has 3 heteroatoms. The Labute approximate surface area is 138 Å². The number of carbonyl (C=O) groups excluding carboxylic acids is 2. The van der Waals surface area contributed by atoms with Crippen LogP contribution in [0.1, 0.15) is 84.9 Å². The maximum absolute atomic E-state index is 12.9. The van der Waals surface area contributed by atoms with Gasteiger partial charge in [0.1, 0.15) is 5.75 Å². The predicted molar refractivity (Wildman–Crippen MR) is 89.9 cm³/mol. The summed E-state index contributed by atoms with van der Waals surface area (Å²) >= 11 is 0. The monoisotopic (exact) mass is 314 g/mol. The lowest BCUT2D eigenvalue weighted by molar-refractivity contribution is 0.0852. The molecule has 0 bridgehead atoms. The van der Waals surface area contributed by atoms with Gasteiger partial charge in [0, 0.05) is 17.4 Å². The first-order valence-electron chi connectivity index (χ1n) is 9.09. The van der Waals surface area contributed by atoms with Crippen LogP contribution in [-0.4, -0.2) is 16.7 Å². The molecule has 0 spiro atoms. The van der Waals surface area contributed by atoms with Crippen LogP contribution in [0.4, 0.5) is 0 Å². The van der Waals surface area contributed by atoms with Crippen molar-refractivity contribution in [2.75, 3.05) is 0 Å². The number of carbonyl (C=O) groups is 2. The second kappa shape index (κ2) is 7.29. The second-order valence-electron chi connectivity index (χ2n) is 7.10. The van der Waals surface area contributed by atoms with Crippen LogP contribution in [0.15, 0.2) is 18.2 Å². The van der Waals surface area contributed by atoms with Crippen molar-refractivity contribution in [1.29, 1.82) is 0 Å². The van der Waals surface area contributed by atoms with Crippen molar-refractivity contribution >= 4 is 11.6 Å². The van der Waals surface area contributed by atoms with Crippen molar-refractivity contribution < 1.29 is 14.7 Å². The maximum Gasteiger partial charge on any atom is 0.170 e. The van der Waals surface area contributed by atoms with E-state index in [0.717, 1.165) is 51.4 Å². The number of phenolic OH excluding ortho intramolecular Hbond substituents is 1. The van der Waals surface area contributed by atoms with Gasteiger partial charge in [-0.15, -0.1) is 0 Å². The SMILES string of the molecule is O=C(c1cccc(O)c1C(=O)C1CCCCC1)C1CCCCC1. The quantitative estimate of drug-likeness (QED) is 0.803. The lowest BCUT2D eigenvalue weighted by Crippen LogP contribution is -2.24. The fourth-order valence-corrected chi connectivity index (χ4v) is 4.16. The average Bonchev–Trinajstić information content (AvgIpc) is 2.62. The van der Waals surface area contributed by atoms with Gasteiger partial charge in [0.05, 0.1) is 5.56 Å². The zero-order valence-corrected chi connectivity index (χ0v) is 13.7. The molecule has 0 heterocycles. The molecule has 2 aliphatic carbocycles. The van der Waals surface area contributed by atoms with Crippen LogP contribution < -0.4 is 0 Å². The highest BCUT2D eigenvalue weighted by Gasteiger charge is 2.31. The first-order valence-corrected chi connectivity index (χ1v) is 9.09. The zero-order valence-electron chi connectivity index (χ0n) is 13.7. The Hall–Kier alpha value is -1.64. The van der Waals surface area contributed by atoms with Gasteiger partial charge in [-0.3, -0.25) is 9.59 Å². The molecule has 0 saturated heterocycles. The largest absolute Gasteiger partial charge is 0.507 e. The predicted octanol–water partition coefficient (Wildman–Crippen LogP) is 4.92. The molecule has 0 amide bonds. The van der Waals surface area contributed by atoms with Gasteiger partial charge in [0.2, 0.25) is 0 Å². The van der Waals surface area contributed by atoms with Crippen LogP contribution in [0.5, 0.6) is 5.75 Å². The molecule has 0 atom stereocenters. The fourth-order valence-electron chi connectivity index (χ4n) is 4.16. The number of benzene rings is 1. The van der Waals surface area contributed by atoms with Crippen LogP contribution in [0.3, 0.4) is 0 Å². The van der Waals surface area contributed by atoms with Crippen LogP contribution in [-0.2, 0) is 0 Å². The van der Waals surface area contributed by atoms with Crippen LogP contribution in [0.25, 0.3) is 0 Å². The van der Waals surface area contributed by atoms with E-state index in [1.807, 2.05) is 0 Å². The third-order valence-corrected chi connectivity index (χ3v) is 5.51. The van der Waals surface area contributed by atoms with Crippen LogP contribution >= 0.6 is 0 Å². The molecule has 1 aromatic carbocycles. The van der Waals surface area contributed by atoms with Gasteiger partial charge < -0.3 is 5.11 Å². The van der Waals surface area contributed by atoms with E-state index in [1.54, 1.807) is 12.1 Å². The summed E-state index contributed by atoms with van der Waals surface area (Å²) < 4.78 is 0. The number of phenols is 1. The minimum Gasteiger partial charge on any atom is -0.507 e. The summed E-state index contributed by atoms with van der Waals surface area (Å²) in [6, 6.07) is 4.95.